The number of aromatic amines is 2. The number of fused-ring (bicyclic) bond motifs is 1. The molecular weight excluding hydrogens is 176 g/mol. The van der Waals surface area contributed by atoms with E-state index in [2.05, 4.69) is 32.5 Å². The van der Waals surface area contributed by atoms with Gasteiger partial charge in [-0.05, 0) is 5.39 Å². The Morgan fingerprint density at radius 2 is 2.07 bits per heavy atom. The van der Waals surface area contributed by atoms with Crippen LogP contribution in [-0.2, 0) is 0 Å². The molecular formula is C10H8N4. The lowest BCUT2D eigenvalue weighted by molar-refractivity contribution is 0.941. The molecule has 4 heteroatoms. The van der Waals surface area contributed by atoms with Gasteiger partial charge in [-0.25, -0.2) is 0 Å². The summed E-state index contributed by atoms with van der Waals surface area (Å²) in [6.45, 7) is 0. The van der Waals surface area contributed by atoms with Gasteiger partial charge in [-0.1, -0.05) is 24.3 Å². The van der Waals surface area contributed by atoms with E-state index in [0.29, 0.717) is 0 Å². The fourth-order valence-electron chi connectivity index (χ4n) is 1.61. The van der Waals surface area contributed by atoms with E-state index in [0.717, 1.165) is 11.4 Å². The van der Waals surface area contributed by atoms with E-state index in [1.54, 1.807) is 6.20 Å². The molecule has 0 saturated carbocycles. The number of hydrogen-bond acceptors (Lipinski definition) is 2. The molecule has 0 saturated heterocycles. The zero-order valence-corrected chi connectivity index (χ0v) is 7.36. The van der Waals surface area contributed by atoms with Crippen molar-refractivity contribution >= 4 is 10.8 Å². The molecule has 0 aliphatic heterocycles. The van der Waals surface area contributed by atoms with Crippen LogP contribution in [0, 0.1) is 0 Å². The lowest BCUT2D eigenvalue weighted by Crippen LogP contribution is -1.77. The highest BCUT2D eigenvalue weighted by Gasteiger charge is 2.06. The maximum absolute atomic E-state index is 4.04. The van der Waals surface area contributed by atoms with Crippen molar-refractivity contribution in [3.63, 3.8) is 0 Å². The van der Waals surface area contributed by atoms with Crippen molar-refractivity contribution < 1.29 is 0 Å². The number of benzene rings is 1. The van der Waals surface area contributed by atoms with Crippen molar-refractivity contribution in [2.75, 3.05) is 0 Å². The van der Waals surface area contributed by atoms with Crippen LogP contribution in [0.15, 0.2) is 36.7 Å². The van der Waals surface area contributed by atoms with Gasteiger partial charge in [0.1, 0.15) is 5.69 Å². The van der Waals surface area contributed by atoms with E-state index in [4.69, 9.17) is 0 Å². The molecule has 3 aromatic rings. The summed E-state index contributed by atoms with van der Waals surface area (Å²) in [7, 11) is 0. The highest BCUT2D eigenvalue weighted by Crippen LogP contribution is 2.25. The smallest absolute Gasteiger partial charge is 0.129 e. The van der Waals surface area contributed by atoms with Crippen molar-refractivity contribution in [3.05, 3.63) is 36.7 Å². The Kier molecular flexibility index (Phi) is 1.41. The monoisotopic (exact) mass is 184 g/mol. The van der Waals surface area contributed by atoms with Gasteiger partial charge in [-0.3, -0.25) is 0 Å². The first kappa shape index (κ1) is 7.32. The minimum Gasteiger partial charge on any atom is -0.359 e. The van der Waals surface area contributed by atoms with Gasteiger partial charge in [0.05, 0.1) is 11.9 Å². The quantitative estimate of drug-likeness (QED) is 0.607. The summed E-state index contributed by atoms with van der Waals surface area (Å²) in [6.07, 6.45) is 3.68. The number of nitrogens with zero attached hydrogens (tertiary/aromatic N) is 2. The number of nitrogens with one attached hydrogen (secondary N) is 2. The summed E-state index contributed by atoms with van der Waals surface area (Å²) in [5.41, 5.74) is 1.85. The van der Waals surface area contributed by atoms with E-state index in [1.165, 1.54) is 10.8 Å². The van der Waals surface area contributed by atoms with Crippen LogP contribution in [0.3, 0.4) is 0 Å². The third-order valence-corrected chi connectivity index (χ3v) is 2.27. The molecule has 0 radical (unpaired) electrons. The second-order valence-electron chi connectivity index (χ2n) is 3.11. The largest absolute Gasteiger partial charge is 0.359 e. The molecule has 2 aromatic heterocycles. The van der Waals surface area contributed by atoms with E-state index >= 15 is 0 Å². The summed E-state index contributed by atoms with van der Waals surface area (Å²) >= 11 is 0. The zero-order chi connectivity index (χ0) is 9.38. The summed E-state index contributed by atoms with van der Waals surface area (Å²) < 4.78 is 0. The first-order valence-corrected chi connectivity index (χ1v) is 4.37. The minimum atomic E-state index is 0.839. The summed E-state index contributed by atoms with van der Waals surface area (Å²) in [5, 5.41) is 12.8. The second-order valence-corrected chi connectivity index (χ2v) is 3.11. The van der Waals surface area contributed by atoms with E-state index in [9.17, 15) is 0 Å². The fourth-order valence-corrected chi connectivity index (χ4v) is 1.61. The summed E-state index contributed by atoms with van der Waals surface area (Å²) in [5.74, 6) is 0. The molecule has 0 bridgehead atoms. The van der Waals surface area contributed by atoms with Crippen molar-refractivity contribution in [2.45, 2.75) is 0 Å². The van der Waals surface area contributed by atoms with Crippen LogP contribution in [0.1, 0.15) is 0 Å². The molecule has 0 atom stereocenters. The minimum absolute atomic E-state index is 0.839. The molecule has 4 nitrogen and oxygen atoms in total. The average Bonchev–Trinajstić information content (AvgIpc) is 2.85. The van der Waals surface area contributed by atoms with Gasteiger partial charge in [0, 0.05) is 11.6 Å². The van der Waals surface area contributed by atoms with Crippen LogP contribution in [-0.4, -0.2) is 20.4 Å². The molecule has 0 fully saturated rings. The Hall–Kier alpha value is -2.10. The molecule has 2 heterocycles. The highest BCUT2D eigenvalue weighted by atomic mass is 15.3. The fraction of sp³-hybridized carbons (Fsp3) is 0. The molecule has 0 spiro atoms. The van der Waals surface area contributed by atoms with Crippen LogP contribution in [0.25, 0.3) is 22.2 Å². The Labute approximate surface area is 80.0 Å². The molecule has 0 unspecified atom stereocenters. The van der Waals surface area contributed by atoms with Crippen LogP contribution >= 0.6 is 0 Å². The molecule has 68 valence electrons. The van der Waals surface area contributed by atoms with Crippen LogP contribution in [0.2, 0.25) is 0 Å². The third-order valence-electron chi connectivity index (χ3n) is 2.27. The van der Waals surface area contributed by atoms with Gasteiger partial charge in [-0.15, -0.1) is 0 Å². The Balaban J connectivity index is 2.33. The highest BCUT2D eigenvalue weighted by molar-refractivity contribution is 5.94. The maximum atomic E-state index is 4.04. The van der Waals surface area contributed by atoms with Crippen molar-refractivity contribution in [1.29, 1.82) is 0 Å². The van der Waals surface area contributed by atoms with Gasteiger partial charge >= 0.3 is 0 Å². The number of H-pyrrole nitrogens is 2. The Morgan fingerprint density at radius 3 is 2.93 bits per heavy atom. The van der Waals surface area contributed by atoms with Gasteiger partial charge < -0.3 is 4.98 Å². The molecule has 0 aliphatic rings. The lowest BCUT2D eigenvalue weighted by Gasteiger charge is -1.91. The molecule has 3 rings (SSSR count). The summed E-state index contributed by atoms with van der Waals surface area (Å²) in [6, 6.07) is 8.16. The number of rotatable bonds is 1. The SMILES string of the molecule is c1ccc2c(-c3cn[nH]n3)[nH]cc2c1. The molecule has 0 amide bonds. The topological polar surface area (TPSA) is 57.4 Å². The van der Waals surface area contributed by atoms with Gasteiger partial charge in [0.25, 0.3) is 0 Å². The molecule has 2 N–H and O–H groups in total. The van der Waals surface area contributed by atoms with E-state index in [1.807, 2.05) is 18.3 Å². The predicted molar refractivity (Wildman–Crippen MR) is 53.7 cm³/mol. The predicted octanol–water partition coefficient (Wildman–Crippen LogP) is 1.95. The lowest BCUT2D eigenvalue weighted by atomic mass is 10.1. The van der Waals surface area contributed by atoms with Gasteiger partial charge in [-0.2, -0.15) is 15.4 Å². The molecule has 1 aromatic carbocycles. The first-order valence-electron chi connectivity index (χ1n) is 4.37. The van der Waals surface area contributed by atoms with Crippen LogP contribution in [0.5, 0.6) is 0 Å². The number of hydrogen-bond donors (Lipinski definition) is 2. The van der Waals surface area contributed by atoms with Gasteiger partial charge in [0.2, 0.25) is 0 Å². The van der Waals surface area contributed by atoms with Crippen molar-refractivity contribution in [2.24, 2.45) is 0 Å². The maximum Gasteiger partial charge on any atom is 0.129 e. The normalized spacial score (nSPS) is 10.9. The zero-order valence-electron chi connectivity index (χ0n) is 7.36. The second kappa shape index (κ2) is 2.70. The van der Waals surface area contributed by atoms with Crippen molar-refractivity contribution in [1.82, 2.24) is 20.4 Å². The van der Waals surface area contributed by atoms with Gasteiger partial charge in [0.15, 0.2) is 0 Å². The average molecular weight is 184 g/mol. The first-order chi connectivity index (χ1) is 6.95. The summed E-state index contributed by atoms with van der Waals surface area (Å²) in [4.78, 5) is 3.19. The van der Waals surface area contributed by atoms with Crippen LogP contribution in [0.4, 0.5) is 0 Å². The molecule has 14 heavy (non-hydrogen) atoms. The third kappa shape index (κ3) is 0.939. The Morgan fingerprint density at radius 1 is 1.14 bits per heavy atom. The van der Waals surface area contributed by atoms with Crippen LogP contribution < -0.4 is 0 Å². The standard InChI is InChI=1S/C10H8N4/c1-2-4-8-7(3-1)5-11-10(8)9-6-12-14-13-9/h1-6,11H,(H,12,13,14). The van der Waals surface area contributed by atoms with E-state index in [-0.39, 0.29) is 0 Å². The van der Waals surface area contributed by atoms with E-state index < -0.39 is 0 Å². The Bertz CT molecular complexity index is 550. The number of aromatic nitrogens is 4. The molecule has 0 aliphatic carbocycles. The van der Waals surface area contributed by atoms with Crippen molar-refractivity contribution in [3.8, 4) is 11.4 Å².